The lowest BCUT2D eigenvalue weighted by molar-refractivity contribution is -0.118. The maximum Gasteiger partial charge on any atom is 0.248 e. The highest BCUT2D eigenvalue weighted by Crippen LogP contribution is 2.27. The second-order valence-corrected chi connectivity index (χ2v) is 10.4. The van der Waals surface area contributed by atoms with Crippen LogP contribution in [0.5, 0.6) is 0 Å². The first-order valence-corrected chi connectivity index (χ1v) is 12.2. The number of hydrogen-bond acceptors (Lipinski definition) is 4. The molecule has 0 radical (unpaired) electrons. The zero-order chi connectivity index (χ0) is 21.3. The van der Waals surface area contributed by atoms with E-state index in [1.807, 2.05) is 36.7 Å². The predicted molar refractivity (Wildman–Crippen MR) is 121 cm³/mol. The lowest BCUT2D eigenvalue weighted by atomic mass is 10.1. The summed E-state index contributed by atoms with van der Waals surface area (Å²) in [5, 5.41) is 2.28. The fourth-order valence-corrected chi connectivity index (χ4v) is 5.88. The van der Waals surface area contributed by atoms with Gasteiger partial charge in [-0.25, -0.2) is 8.42 Å². The van der Waals surface area contributed by atoms with Gasteiger partial charge >= 0.3 is 0 Å². The molecule has 30 heavy (non-hydrogen) atoms. The molecule has 5 nitrogen and oxygen atoms in total. The SMILES string of the molecule is Cc1ccc(S(=O)(=O)CCCC(=O)N=c2sc3c4ccccc4ccc3n2C)cc1. The van der Waals surface area contributed by atoms with Gasteiger partial charge in [-0.2, -0.15) is 4.99 Å². The van der Waals surface area contributed by atoms with E-state index >= 15 is 0 Å². The van der Waals surface area contributed by atoms with Crippen molar-refractivity contribution in [1.29, 1.82) is 0 Å². The monoisotopic (exact) mass is 438 g/mol. The lowest BCUT2D eigenvalue weighted by Crippen LogP contribution is -2.14. The summed E-state index contributed by atoms with van der Waals surface area (Å²) >= 11 is 1.48. The third kappa shape index (κ3) is 4.08. The Bertz CT molecular complexity index is 1410. The van der Waals surface area contributed by atoms with E-state index < -0.39 is 9.84 Å². The van der Waals surface area contributed by atoms with Crippen LogP contribution < -0.4 is 4.80 Å². The van der Waals surface area contributed by atoms with Crippen molar-refractivity contribution in [2.45, 2.75) is 24.7 Å². The average Bonchev–Trinajstić information content (AvgIpc) is 3.04. The number of thiazole rings is 1. The largest absolute Gasteiger partial charge is 0.319 e. The molecule has 7 heteroatoms. The van der Waals surface area contributed by atoms with Crippen LogP contribution in [-0.4, -0.2) is 24.6 Å². The normalized spacial score (nSPS) is 12.7. The first kappa shape index (κ1) is 20.5. The standard InChI is InChI=1S/C23H22N2O3S2/c1-16-9-12-18(13-10-16)30(27,28)15-5-8-21(26)24-23-25(2)20-14-11-17-6-3-4-7-19(17)22(20)29-23/h3-4,6-7,9-14H,5,8,15H2,1-2H3. The fraction of sp³-hybridized carbons (Fsp3) is 0.217. The highest BCUT2D eigenvalue weighted by molar-refractivity contribution is 7.91. The predicted octanol–water partition coefficient (Wildman–Crippen LogP) is 4.38. The Morgan fingerprint density at radius 1 is 1.03 bits per heavy atom. The van der Waals surface area contributed by atoms with Gasteiger partial charge in [0.1, 0.15) is 0 Å². The number of benzene rings is 3. The minimum absolute atomic E-state index is 0.0689. The van der Waals surface area contributed by atoms with Gasteiger partial charge < -0.3 is 4.57 Å². The van der Waals surface area contributed by atoms with Crippen molar-refractivity contribution in [3.63, 3.8) is 0 Å². The smallest absolute Gasteiger partial charge is 0.248 e. The summed E-state index contributed by atoms with van der Waals surface area (Å²) in [5.74, 6) is -0.374. The molecule has 0 spiro atoms. The number of hydrogen-bond donors (Lipinski definition) is 0. The van der Waals surface area contributed by atoms with Gasteiger partial charge in [0.2, 0.25) is 5.91 Å². The van der Waals surface area contributed by atoms with E-state index in [-0.39, 0.29) is 24.5 Å². The maximum atomic E-state index is 12.4. The molecule has 4 rings (SSSR count). The maximum absolute atomic E-state index is 12.4. The number of sulfone groups is 1. The Kier molecular flexibility index (Phi) is 5.58. The Labute approximate surface area is 179 Å². The molecule has 1 aromatic heterocycles. The first-order chi connectivity index (χ1) is 14.3. The zero-order valence-electron chi connectivity index (χ0n) is 16.8. The second kappa shape index (κ2) is 8.16. The molecular formula is C23H22N2O3S2. The van der Waals surface area contributed by atoms with Crippen LogP contribution in [0, 0.1) is 6.92 Å². The fourth-order valence-electron chi connectivity index (χ4n) is 3.40. The summed E-state index contributed by atoms with van der Waals surface area (Å²) in [6.45, 7) is 1.91. The van der Waals surface area contributed by atoms with Crippen molar-refractivity contribution in [2.24, 2.45) is 12.0 Å². The van der Waals surface area contributed by atoms with Gasteiger partial charge in [-0.15, -0.1) is 0 Å². The summed E-state index contributed by atoms with van der Waals surface area (Å²) in [6, 6.07) is 19.0. The molecule has 0 atom stereocenters. The topological polar surface area (TPSA) is 68.5 Å². The van der Waals surface area contributed by atoms with Crippen molar-refractivity contribution in [1.82, 2.24) is 4.57 Å². The van der Waals surface area contributed by atoms with Gasteiger partial charge in [0.25, 0.3) is 0 Å². The summed E-state index contributed by atoms with van der Waals surface area (Å²) in [5.41, 5.74) is 2.03. The number of rotatable bonds is 5. The molecule has 0 N–H and O–H groups in total. The highest BCUT2D eigenvalue weighted by Gasteiger charge is 2.15. The summed E-state index contributed by atoms with van der Waals surface area (Å²) in [7, 11) is -1.50. The Balaban J connectivity index is 1.52. The van der Waals surface area contributed by atoms with Crippen molar-refractivity contribution in [3.8, 4) is 0 Å². The average molecular weight is 439 g/mol. The van der Waals surface area contributed by atoms with Crippen LogP contribution in [0.3, 0.4) is 0 Å². The number of aromatic nitrogens is 1. The Hall–Kier alpha value is -2.77. The van der Waals surface area contributed by atoms with Crippen molar-refractivity contribution < 1.29 is 13.2 Å². The van der Waals surface area contributed by atoms with Gasteiger partial charge in [0.15, 0.2) is 14.6 Å². The van der Waals surface area contributed by atoms with Crippen LogP contribution in [0.2, 0.25) is 0 Å². The third-order valence-corrected chi connectivity index (χ3v) is 8.10. The quantitative estimate of drug-likeness (QED) is 0.464. The molecule has 0 aliphatic heterocycles. The number of carbonyl (C=O) groups is 1. The third-order valence-electron chi connectivity index (χ3n) is 5.10. The van der Waals surface area contributed by atoms with Crippen molar-refractivity contribution in [2.75, 3.05) is 5.75 Å². The molecule has 0 unspecified atom stereocenters. The molecule has 0 fully saturated rings. The van der Waals surface area contributed by atoms with E-state index in [0.717, 1.165) is 26.6 Å². The van der Waals surface area contributed by atoms with E-state index in [0.29, 0.717) is 9.70 Å². The number of aryl methyl sites for hydroxylation is 2. The van der Waals surface area contributed by atoms with Crippen LogP contribution in [0.4, 0.5) is 0 Å². The molecule has 1 heterocycles. The van der Waals surface area contributed by atoms with E-state index in [2.05, 4.69) is 23.2 Å². The number of amides is 1. The Morgan fingerprint density at radius 3 is 2.53 bits per heavy atom. The summed E-state index contributed by atoms with van der Waals surface area (Å²) in [4.78, 5) is 17.6. The molecule has 0 aliphatic carbocycles. The van der Waals surface area contributed by atoms with E-state index in [9.17, 15) is 13.2 Å². The zero-order valence-corrected chi connectivity index (χ0v) is 18.5. The molecule has 3 aromatic carbocycles. The highest BCUT2D eigenvalue weighted by atomic mass is 32.2. The molecule has 0 saturated heterocycles. The minimum atomic E-state index is -3.40. The Morgan fingerprint density at radius 2 is 1.77 bits per heavy atom. The molecule has 4 aromatic rings. The van der Waals surface area contributed by atoms with Crippen molar-refractivity contribution in [3.05, 3.63) is 71.0 Å². The number of fused-ring (bicyclic) bond motifs is 3. The molecule has 0 saturated carbocycles. The molecule has 154 valence electrons. The molecule has 0 bridgehead atoms. The van der Waals surface area contributed by atoms with Gasteiger partial charge in [0.05, 0.1) is 20.9 Å². The van der Waals surface area contributed by atoms with Gasteiger partial charge in [-0.3, -0.25) is 4.79 Å². The summed E-state index contributed by atoms with van der Waals surface area (Å²) < 4.78 is 27.9. The van der Waals surface area contributed by atoms with Crippen molar-refractivity contribution >= 4 is 48.1 Å². The van der Waals surface area contributed by atoms with Crippen LogP contribution in [0.25, 0.3) is 21.0 Å². The van der Waals surface area contributed by atoms with Crippen LogP contribution in [0.1, 0.15) is 18.4 Å². The second-order valence-electron chi connectivity index (χ2n) is 7.32. The van der Waals surface area contributed by atoms with Gasteiger partial charge in [-0.05, 0) is 36.9 Å². The van der Waals surface area contributed by atoms with Gasteiger partial charge in [-0.1, -0.05) is 59.4 Å². The first-order valence-electron chi connectivity index (χ1n) is 9.69. The number of nitrogens with zero attached hydrogens (tertiary/aromatic N) is 2. The van der Waals surface area contributed by atoms with E-state index in [1.165, 1.54) is 11.3 Å². The summed E-state index contributed by atoms with van der Waals surface area (Å²) in [6.07, 6.45) is 0.343. The number of carbonyl (C=O) groups excluding carboxylic acids is 1. The van der Waals surface area contributed by atoms with Crippen LogP contribution in [0.15, 0.2) is 70.6 Å². The van der Waals surface area contributed by atoms with Gasteiger partial charge in [0, 0.05) is 18.9 Å². The van der Waals surface area contributed by atoms with E-state index in [4.69, 9.17) is 0 Å². The molecule has 0 aliphatic rings. The van der Waals surface area contributed by atoms with E-state index in [1.54, 1.807) is 24.3 Å². The lowest BCUT2D eigenvalue weighted by Gasteiger charge is -2.04. The minimum Gasteiger partial charge on any atom is -0.319 e. The molecule has 1 amide bonds. The van der Waals surface area contributed by atoms with Crippen LogP contribution in [-0.2, 0) is 21.7 Å². The van der Waals surface area contributed by atoms with Crippen LogP contribution >= 0.6 is 11.3 Å². The molecular weight excluding hydrogens is 416 g/mol.